The molecule has 0 atom stereocenters. The quantitative estimate of drug-likeness (QED) is 0.0913. The van der Waals surface area contributed by atoms with Crippen LogP contribution in [-0.4, -0.2) is 118 Å². The van der Waals surface area contributed by atoms with Gasteiger partial charge in [-0.05, 0) is 168 Å². The molecule has 4 aromatic heterocycles. The number of pyridine rings is 4. The molecule has 2 N–H and O–H groups in total. The first-order valence-electron chi connectivity index (χ1n) is 27.5. The van der Waals surface area contributed by atoms with Crippen LogP contribution in [0.15, 0.2) is 110 Å². The molecule has 0 spiro atoms. The molecule has 24 heteroatoms. The van der Waals surface area contributed by atoms with E-state index in [-0.39, 0.29) is 56.7 Å². The lowest BCUT2D eigenvalue weighted by Gasteiger charge is -2.34. The number of aromatic nitrogens is 4. The van der Waals surface area contributed by atoms with Crippen molar-refractivity contribution in [2.45, 2.75) is 74.6 Å². The molecule has 0 unspecified atom stereocenters. The number of ketones is 2. The molecule has 85 heavy (non-hydrogen) atoms. The van der Waals surface area contributed by atoms with E-state index in [9.17, 15) is 43.5 Å². The number of carboxylic acid groups (broad SMARTS) is 1. The topological polar surface area (TPSA) is 207 Å². The third-order valence-corrected chi connectivity index (χ3v) is 18.4. The van der Waals surface area contributed by atoms with Crippen molar-refractivity contribution in [2.75, 3.05) is 75.8 Å². The van der Waals surface area contributed by atoms with Gasteiger partial charge in [-0.3, -0.25) is 28.8 Å². The van der Waals surface area contributed by atoms with Crippen molar-refractivity contribution in [3.63, 3.8) is 0 Å². The van der Waals surface area contributed by atoms with Crippen LogP contribution in [0.3, 0.4) is 0 Å². The molecule has 2 fully saturated rings. The Morgan fingerprint density at radius 1 is 0.494 bits per heavy atom. The van der Waals surface area contributed by atoms with Gasteiger partial charge in [-0.25, -0.2) is 9.59 Å². The van der Waals surface area contributed by atoms with Gasteiger partial charge < -0.3 is 48.1 Å². The number of carboxylic acids is 1. The van der Waals surface area contributed by atoms with Crippen LogP contribution in [0.1, 0.15) is 89.9 Å². The number of Topliss-reactive ketones (excluding diaryl/α,β-unsaturated/α-hetero) is 2. The van der Waals surface area contributed by atoms with Gasteiger partial charge in [0.1, 0.15) is 11.1 Å². The van der Waals surface area contributed by atoms with Gasteiger partial charge in [0.15, 0.2) is 22.4 Å². The fourth-order valence-corrected chi connectivity index (χ4v) is 12.3. The second-order valence-electron chi connectivity index (χ2n) is 20.0. The average Bonchev–Trinajstić information content (AvgIpc) is 1.24. The van der Waals surface area contributed by atoms with Crippen molar-refractivity contribution < 1.29 is 29.0 Å². The van der Waals surface area contributed by atoms with Gasteiger partial charge in [0.05, 0.1) is 61.2 Å². The molecule has 18 nitrogen and oxygen atoms in total. The molecule has 0 saturated carbocycles. The van der Waals surface area contributed by atoms with Crippen LogP contribution in [0.25, 0.3) is 43.6 Å². The number of likely N-dealkylation sites (N-methyl/N-ethyl adjacent to an activating group) is 1. The number of carbonyl (C=O) groups is 4. The van der Waals surface area contributed by atoms with Crippen molar-refractivity contribution in [1.29, 1.82) is 0 Å². The van der Waals surface area contributed by atoms with Gasteiger partial charge in [0, 0.05) is 143 Å². The monoisotopic (exact) mass is 1450 g/mol. The minimum atomic E-state index is -1.19. The lowest BCUT2D eigenvalue weighted by atomic mass is 10.1. The van der Waals surface area contributed by atoms with E-state index >= 15 is 0 Å². The van der Waals surface area contributed by atoms with Crippen molar-refractivity contribution >= 4 is 165 Å². The van der Waals surface area contributed by atoms with Gasteiger partial charge in [0.25, 0.3) is 0 Å². The normalized spacial score (nSPS) is 13.4. The van der Waals surface area contributed by atoms with Crippen molar-refractivity contribution in [3.8, 4) is 0 Å². The number of esters is 1. The van der Waals surface area contributed by atoms with E-state index in [4.69, 9.17) is 27.9 Å². The Bertz CT molecular complexity index is 4190. The van der Waals surface area contributed by atoms with E-state index in [1.54, 1.807) is 54.2 Å². The van der Waals surface area contributed by atoms with Crippen molar-refractivity contribution in [3.05, 3.63) is 164 Å². The highest BCUT2D eigenvalue weighted by molar-refractivity contribution is 9.11. The fraction of sp³-hybridized carbons (Fsp3) is 0.344. The lowest BCUT2D eigenvalue weighted by molar-refractivity contribution is 0.0523. The van der Waals surface area contributed by atoms with E-state index in [0.29, 0.717) is 72.2 Å². The first-order chi connectivity index (χ1) is 40.4. The van der Waals surface area contributed by atoms with Crippen LogP contribution in [0.5, 0.6) is 0 Å². The maximum absolute atomic E-state index is 12.6. The van der Waals surface area contributed by atoms with Gasteiger partial charge in [0.2, 0.25) is 10.9 Å². The summed E-state index contributed by atoms with van der Waals surface area (Å²) in [6.07, 6.45) is 6.24. The summed E-state index contributed by atoms with van der Waals surface area (Å²) in [6, 6.07) is 14.4. The SMILES string of the molecule is CCOC(=O)c1cn(CC)c2cc(Cl)c(Br)cc2c1=O.CCn1cc(C(=O)O)c(=O)c2cc(Br)c(N3CCNCC3)cc21.CCn1cc(C(C)=O)c(=O)c2cc(Br)c(Cl)cc21.CCn1cc(C(C)=O)c(=O)c2cc(Br)c(N3CCN(C)CC3)cc21. The second-order valence-corrected chi connectivity index (χ2v) is 24.2. The number of aromatic carboxylic acids is 1. The third kappa shape index (κ3) is 14.7. The Kier molecular flexibility index (Phi) is 22.8. The molecule has 450 valence electrons. The molecule has 2 aliphatic rings. The number of anilines is 2. The summed E-state index contributed by atoms with van der Waals surface area (Å²) in [5, 5.41) is 15.6. The van der Waals surface area contributed by atoms with E-state index < -0.39 is 17.4 Å². The maximum atomic E-state index is 12.6. The number of ether oxygens (including phenoxy) is 1. The van der Waals surface area contributed by atoms with E-state index in [0.717, 1.165) is 89.2 Å². The van der Waals surface area contributed by atoms with Crippen molar-refractivity contribution in [1.82, 2.24) is 28.5 Å². The van der Waals surface area contributed by atoms with Crippen LogP contribution in [0.4, 0.5) is 11.4 Å². The minimum absolute atomic E-state index is 0.0374. The largest absolute Gasteiger partial charge is 0.477 e. The molecule has 0 radical (unpaired) electrons. The zero-order valence-corrected chi connectivity index (χ0v) is 56.0. The number of hydrogen-bond acceptors (Lipinski definition) is 13. The maximum Gasteiger partial charge on any atom is 0.343 e. The van der Waals surface area contributed by atoms with Gasteiger partial charge in [-0.15, -0.1) is 0 Å². The summed E-state index contributed by atoms with van der Waals surface area (Å²) in [4.78, 5) is 103. The molecule has 2 aliphatic heterocycles. The highest BCUT2D eigenvalue weighted by Gasteiger charge is 2.23. The number of halogens is 6. The van der Waals surface area contributed by atoms with Gasteiger partial charge >= 0.3 is 11.9 Å². The highest BCUT2D eigenvalue weighted by Crippen LogP contribution is 2.34. The molecule has 4 aromatic carbocycles. The van der Waals surface area contributed by atoms with Crippen LogP contribution >= 0.6 is 86.9 Å². The Morgan fingerprint density at radius 2 is 0.824 bits per heavy atom. The van der Waals surface area contributed by atoms with E-state index in [1.165, 1.54) is 26.2 Å². The van der Waals surface area contributed by atoms with Gasteiger partial charge in [-0.2, -0.15) is 0 Å². The van der Waals surface area contributed by atoms with Crippen LogP contribution in [-0.2, 0) is 30.9 Å². The number of carbonyl (C=O) groups excluding carboxylic acids is 3. The zero-order chi connectivity index (χ0) is 62.3. The number of fused-ring (bicyclic) bond motifs is 4. The van der Waals surface area contributed by atoms with Gasteiger partial charge in [-0.1, -0.05) is 23.2 Å². The number of rotatable bonds is 11. The van der Waals surface area contributed by atoms with Crippen LogP contribution in [0, 0.1) is 0 Å². The number of piperazine rings is 2. The summed E-state index contributed by atoms with van der Waals surface area (Å²) >= 11 is 25.9. The summed E-state index contributed by atoms with van der Waals surface area (Å²) < 4.78 is 15.4. The first kappa shape index (κ1) is 66.5. The molecule has 0 aliphatic carbocycles. The number of nitrogens with one attached hydrogen (secondary N) is 1. The molecular weight excluding hydrogens is 1400 g/mol. The highest BCUT2D eigenvalue weighted by atomic mass is 79.9. The Balaban J connectivity index is 0.000000163. The molecule has 0 bridgehead atoms. The Morgan fingerprint density at radius 3 is 1.19 bits per heavy atom. The summed E-state index contributed by atoms with van der Waals surface area (Å²) in [6.45, 7) is 22.8. The first-order valence-corrected chi connectivity index (χ1v) is 31.4. The smallest absolute Gasteiger partial charge is 0.343 e. The lowest BCUT2D eigenvalue weighted by Crippen LogP contribution is -2.44. The predicted octanol–water partition coefficient (Wildman–Crippen LogP) is 11.9. The standard InChI is InChI=1S/C18H22BrN3O2.C16H18BrN3O3.C14H13BrClNO3.C13H11BrClNO2/c1-4-21-11-14(12(2)23)18(24)13-9-15(19)17(10-16(13)21)22-7-5-20(3)6-8-22;1-2-19-9-11(16(22)23)15(21)10-7-12(17)14(8-13(10)19)20-5-3-18-4-6-20;1-3-17-7-9(14(19)20-4-2)13(18)8-5-10(15)11(16)6-12(8)17;1-3-16-6-9(7(2)17)13(18)8-4-10(14)11(15)5-12(8)16/h9-11H,4-8H2,1-3H3;7-9,18H,2-6H2,1H3,(H,22,23);5-7H,3-4H2,1-2H3;4-6H,3H2,1-2H3. The van der Waals surface area contributed by atoms with Crippen LogP contribution < -0.4 is 36.8 Å². The number of hydrogen-bond donors (Lipinski definition) is 2. The molecule has 0 amide bonds. The summed E-state index contributed by atoms with van der Waals surface area (Å²) in [7, 11) is 2.13. The number of aryl methyl sites for hydroxylation is 4. The summed E-state index contributed by atoms with van der Waals surface area (Å²) in [5.74, 6) is -2.22. The Labute approximate surface area is 533 Å². The number of nitrogens with zero attached hydrogens (tertiary/aromatic N) is 7. The molecule has 6 heterocycles. The van der Waals surface area contributed by atoms with E-state index in [1.807, 2.05) is 53.5 Å². The average molecular weight is 1460 g/mol. The third-order valence-electron chi connectivity index (χ3n) is 14.7. The fourth-order valence-electron chi connectivity index (χ4n) is 10.1. The zero-order valence-electron chi connectivity index (χ0n) is 48.1. The van der Waals surface area contributed by atoms with E-state index in [2.05, 4.69) is 96.9 Å². The molecule has 10 rings (SSSR count). The number of benzene rings is 4. The molecule has 8 aromatic rings. The van der Waals surface area contributed by atoms with Crippen molar-refractivity contribution in [2.24, 2.45) is 0 Å². The Hall–Kier alpha value is -5.98. The predicted molar refractivity (Wildman–Crippen MR) is 354 cm³/mol. The molecular formula is C61H64Br4Cl2N8O10. The molecule has 2 saturated heterocycles. The van der Waals surface area contributed by atoms with Crippen LogP contribution in [0.2, 0.25) is 10.0 Å². The minimum Gasteiger partial charge on any atom is -0.477 e. The summed E-state index contributed by atoms with van der Waals surface area (Å²) in [5.41, 5.74) is 4.29. The second kappa shape index (κ2) is 29.1.